The van der Waals surface area contributed by atoms with E-state index in [9.17, 15) is 9.59 Å². The molecule has 26 heavy (non-hydrogen) atoms. The Morgan fingerprint density at radius 1 is 1.00 bits per heavy atom. The summed E-state index contributed by atoms with van der Waals surface area (Å²) < 4.78 is 0. The van der Waals surface area contributed by atoms with Crippen LogP contribution in [0.2, 0.25) is 0 Å². The zero-order valence-corrected chi connectivity index (χ0v) is 16.4. The highest BCUT2D eigenvalue weighted by atomic mass is 16.2. The highest BCUT2D eigenvalue weighted by molar-refractivity contribution is 5.79. The second-order valence-corrected chi connectivity index (χ2v) is 6.88. The van der Waals surface area contributed by atoms with Gasteiger partial charge < -0.3 is 9.80 Å². The van der Waals surface area contributed by atoms with Gasteiger partial charge in [-0.05, 0) is 26.5 Å². The van der Waals surface area contributed by atoms with Crippen LogP contribution in [-0.2, 0) is 16.1 Å². The quantitative estimate of drug-likeness (QED) is 0.697. The smallest absolute Gasteiger partial charge is 0.236 e. The van der Waals surface area contributed by atoms with Crippen LogP contribution < -0.4 is 0 Å². The van der Waals surface area contributed by atoms with E-state index in [0.717, 1.165) is 32.7 Å². The average Bonchev–Trinajstić information content (AvgIpc) is 2.64. The molecule has 0 spiro atoms. The highest BCUT2D eigenvalue weighted by Crippen LogP contribution is 2.06. The first kappa shape index (κ1) is 20.4. The van der Waals surface area contributed by atoms with Crippen LogP contribution in [0.1, 0.15) is 19.4 Å². The average molecular weight is 361 g/mol. The number of likely N-dealkylation sites (N-methyl/N-ethyl adjacent to an activating group) is 2. The lowest BCUT2D eigenvalue weighted by atomic mass is 10.2. The van der Waals surface area contributed by atoms with Crippen molar-refractivity contribution in [2.75, 3.05) is 59.4 Å². The van der Waals surface area contributed by atoms with Crippen molar-refractivity contribution in [1.82, 2.24) is 19.6 Å². The van der Waals surface area contributed by atoms with Crippen LogP contribution in [-0.4, -0.2) is 90.8 Å². The van der Waals surface area contributed by atoms with Crippen molar-refractivity contribution >= 4 is 11.8 Å². The Kier molecular flexibility index (Phi) is 8.06. The first-order valence-electron chi connectivity index (χ1n) is 9.53. The predicted molar refractivity (Wildman–Crippen MR) is 104 cm³/mol. The van der Waals surface area contributed by atoms with Gasteiger partial charge in [-0.3, -0.25) is 19.4 Å². The molecule has 1 aromatic rings. The van der Waals surface area contributed by atoms with E-state index in [4.69, 9.17) is 0 Å². The standard InChI is InChI=1S/C20H32N4O2/c1-4-23(5-2)20(26)17-22-11-13-24(14-12-22)19(25)16-21(3)15-18-9-7-6-8-10-18/h6-10H,4-5,11-17H2,1-3H3. The molecule has 0 unspecified atom stereocenters. The zero-order chi connectivity index (χ0) is 18.9. The molecule has 0 aliphatic carbocycles. The van der Waals surface area contributed by atoms with Gasteiger partial charge in [-0.1, -0.05) is 30.3 Å². The van der Waals surface area contributed by atoms with Gasteiger partial charge in [-0.15, -0.1) is 0 Å². The minimum atomic E-state index is 0.165. The summed E-state index contributed by atoms with van der Waals surface area (Å²) in [6.07, 6.45) is 0. The summed E-state index contributed by atoms with van der Waals surface area (Å²) >= 11 is 0. The molecule has 6 heteroatoms. The third-order valence-electron chi connectivity index (χ3n) is 4.90. The van der Waals surface area contributed by atoms with Crippen molar-refractivity contribution in [3.8, 4) is 0 Å². The van der Waals surface area contributed by atoms with Gasteiger partial charge in [0.15, 0.2) is 0 Å². The van der Waals surface area contributed by atoms with E-state index in [1.54, 1.807) is 0 Å². The summed E-state index contributed by atoms with van der Waals surface area (Å²) in [5.74, 6) is 0.343. The molecule has 0 radical (unpaired) electrons. The van der Waals surface area contributed by atoms with E-state index in [1.807, 2.05) is 53.8 Å². The second kappa shape index (κ2) is 10.3. The molecule has 2 rings (SSSR count). The van der Waals surface area contributed by atoms with Gasteiger partial charge in [0.05, 0.1) is 13.1 Å². The number of nitrogens with zero attached hydrogens (tertiary/aromatic N) is 4. The maximum absolute atomic E-state index is 12.5. The lowest BCUT2D eigenvalue weighted by Crippen LogP contribution is -2.53. The van der Waals surface area contributed by atoms with E-state index in [1.165, 1.54) is 5.56 Å². The summed E-state index contributed by atoms with van der Waals surface area (Å²) in [6, 6.07) is 10.2. The van der Waals surface area contributed by atoms with Gasteiger partial charge in [0, 0.05) is 45.8 Å². The monoisotopic (exact) mass is 360 g/mol. The molecule has 1 heterocycles. The van der Waals surface area contributed by atoms with E-state index in [2.05, 4.69) is 17.0 Å². The Morgan fingerprint density at radius 3 is 2.19 bits per heavy atom. The number of amides is 2. The minimum absolute atomic E-state index is 0.165. The number of carbonyl (C=O) groups is 2. The molecule has 0 saturated carbocycles. The summed E-state index contributed by atoms with van der Waals surface area (Å²) in [6.45, 7) is 10.1. The van der Waals surface area contributed by atoms with Crippen LogP contribution in [0.15, 0.2) is 30.3 Å². The van der Waals surface area contributed by atoms with E-state index < -0.39 is 0 Å². The summed E-state index contributed by atoms with van der Waals surface area (Å²) in [5, 5.41) is 0. The SMILES string of the molecule is CCN(CC)C(=O)CN1CCN(C(=O)CN(C)Cc2ccccc2)CC1. The topological polar surface area (TPSA) is 47.1 Å². The van der Waals surface area contributed by atoms with Crippen LogP contribution in [0, 0.1) is 0 Å². The first-order valence-corrected chi connectivity index (χ1v) is 9.53. The summed E-state index contributed by atoms with van der Waals surface area (Å²) in [7, 11) is 1.98. The molecule has 1 aliphatic heterocycles. The van der Waals surface area contributed by atoms with Crippen molar-refractivity contribution < 1.29 is 9.59 Å². The number of piperazine rings is 1. The van der Waals surface area contributed by atoms with Crippen LogP contribution in [0.25, 0.3) is 0 Å². The number of hydrogen-bond donors (Lipinski definition) is 0. The second-order valence-electron chi connectivity index (χ2n) is 6.88. The Hall–Kier alpha value is -1.92. The van der Waals surface area contributed by atoms with Gasteiger partial charge in [-0.25, -0.2) is 0 Å². The van der Waals surface area contributed by atoms with Gasteiger partial charge in [0.25, 0.3) is 0 Å². The fourth-order valence-corrected chi connectivity index (χ4v) is 3.30. The van der Waals surface area contributed by atoms with Crippen molar-refractivity contribution in [2.45, 2.75) is 20.4 Å². The highest BCUT2D eigenvalue weighted by Gasteiger charge is 2.24. The Labute approximate surface area is 157 Å². The third-order valence-corrected chi connectivity index (χ3v) is 4.90. The molecular formula is C20H32N4O2. The fraction of sp³-hybridized carbons (Fsp3) is 0.600. The Morgan fingerprint density at radius 2 is 1.62 bits per heavy atom. The van der Waals surface area contributed by atoms with Crippen LogP contribution >= 0.6 is 0 Å². The molecular weight excluding hydrogens is 328 g/mol. The van der Waals surface area contributed by atoms with Crippen molar-refractivity contribution in [1.29, 1.82) is 0 Å². The summed E-state index contributed by atoms with van der Waals surface area (Å²) in [4.78, 5) is 32.7. The maximum atomic E-state index is 12.5. The van der Waals surface area contributed by atoms with E-state index in [0.29, 0.717) is 26.2 Å². The number of carbonyl (C=O) groups excluding carboxylic acids is 2. The molecule has 1 saturated heterocycles. The van der Waals surface area contributed by atoms with Gasteiger partial charge in [-0.2, -0.15) is 0 Å². The van der Waals surface area contributed by atoms with Crippen LogP contribution in [0.3, 0.4) is 0 Å². The lowest BCUT2D eigenvalue weighted by molar-refractivity contribution is -0.135. The number of hydrogen-bond acceptors (Lipinski definition) is 4. The van der Waals surface area contributed by atoms with Gasteiger partial charge >= 0.3 is 0 Å². The van der Waals surface area contributed by atoms with Crippen molar-refractivity contribution in [3.05, 3.63) is 35.9 Å². The fourth-order valence-electron chi connectivity index (χ4n) is 3.30. The summed E-state index contributed by atoms with van der Waals surface area (Å²) in [5.41, 5.74) is 1.21. The largest absolute Gasteiger partial charge is 0.342 e. The molecule has 1 aliphatic rings. The van der Waals surface area contributed by atoms with Gasteiger partial charge in [0.2, 0.25) is 11.8 Å². The number of rotatable bonds is 8. The molecule has 1 fully saturated rings. The first-order chi connectivity index (χ1) is 12.5. The molecule has 1 aromatic carbocycles. The van der Waals surface area contributed by atoms with E-state index in [-0.39, 0.29) is 11.8 Å². The van der Waals surface area contributed by atoms with Crippen LogP contribution in [0.5, 0.6) is 0 Å². The minimum Gasteiger partial charge on any atom is -0.342 e. The molecule has 0 N–H and O–H groups in total. The van der Waals surface area contributed by atoms with Crippen molar-refractivity contribution in [2.24, 2.45) is 0 Å². The molecule has 0 aromatic heterocycles. The van der Waals surface area contributed by atoms with Gasteiger partial charge in [0.1, 0.15) is 0 Å². The third kappa shape index (κ3) is 6.11. The van der Waals surface area contributed by atoms with Crippen LogP contribution in [0.4, 0.5) is 0 Å². The van der Waals surface area contributed by atoms with E-state index >= 15 is 0 Å². The maximum Gasteiger partial charge on any atom is 0.236 e. The molecule has 0 atom stereocenters. The lowest BCUT2D eigenvalue weighted by Gasteiger charge is -2.36. The van der Waals surface area contributed by atoms with Crippen molar-refractivity contribution in [3.63, 3.8) is 0 Å². The molecule has 0 bridgehead atoms. The predicted octanol–water partition coefficient (Wildman–Crippen LogP) is 1.13. The molecule has 2 amide bonds. The zero-order valence-electron chi connectivity index (χ0n) is 16.4. The Balaban J connectivity index is 1.73. The molecule has 144 valence electrons. The number of benzene rings is 1. The normalized spacial score (nSPS) is 15.3. The molecule has 6 nitrogen and oxygen atoms in total. The Bertz CT molecular complexity index is 566.